The number of carbonyl (C=O) groups is 3. The van der Waals surface area contributed by atoms with Crippen LogP contribution < -0.4 is 15.0 Å². The lowest BCUT2D eigenvalue weighted by Gasteiger charge is -2.41. The number of anilines is 2. The number of nitrogens with zero attached hydrogens (tertiary/aromatic N) is 1. The molecule has 2 aromatic rings. The number of ether oxygens (including phenoxy) is 2. The second-order valence-corrected chi connectivity index (χ2v) is 7.43. The summed E-state index contributed by atoms with van der Waals surface area (Å²) >= 11 is 0. The van der Waals surface area contributed by atoms with Crippen molar-refractivity contribution in [1.29, 1.82) is 0 Å². The van der Waals surface area contributed by atoms with Crippen molar-refractivity contribution in [3.63, 3.8) is 0 Å². The molecule has 1 N–H and O–H groups in total. The van der Waals surface area contributed by atoms with Crippen LogP contribution in [0, 0.1) is 13.8 Å². The molecule has 152 valence electrons. The summed E-state index contributed by atoms with van der Waals surface area (Å²) < 4.78 is 10.7. The number of rotatable bonds is 5. The van der Waals surface area contributed by atoms with Gasteiger partial charge < -0.3 is 14.8 Å². The van der Waals surface area contributed by atoms with E-state index in [1.54, 1.807) is 38.1 Å². The van der Waals surface area contributed by atoms with Crippen LogP contribution >= 0.6 is 0 Å². The summed E-state index contributed by atoms with van der Waals surface area (Å²) in [5.41, 5.74) is 1.80. The van der Waals surface area contributed by atoms with Crippen molar-refractivity contribution < 1.29 is 23.9 Å². The smallest absolute Gasteiger partial charge is 0.344 e. The van der Waals surface area contributed by atoms with Gasteiger partial charge in [0.15, 0.2) is 13.2 Å². The molecule has 3 rings (SSSR count). The Morgan fingerprint density at radius 1 is 1.00 bits per heavy atom. The Hall–Kier alpha value is -3.35. The third-order valence-electron chi connectivity index (χ3n) is 4.86. The van der Waals surface area contributed by atoms with E-state index in [-0.39, 0.29) is 12.5 Å². The number of hydrogen-bond acceptors (Lipinski definition) is 5. The van der Waals surface area contributed by atoms with Crippen molar-refractivity contribution in [3.8, 4) is 5.75 Å². The molecule has 29 heavy (non-hydrogen) atoms. The zero-order valence-electron chi connectivity index (χ0n) is 16.9. The van der Waals surface area contributed by atoms with Gasteiger partial charge in [-0.3, -0.25) is 14.5 Å². The third-order valence-corrected chi connectivity index (χ3v) is 4.86. The number of benzene rings is 2. The van der Waals surface area contributed by atoms with Crippen LogP contribution in [0.4, 0.5) is 11.4 Å². The van der Waals surface area contributed by atoms with Crippen molar-refractivity contribution in [2.75, 3.05) is 23.4 Å². The van der Waals surface area contributed by atoms with Gasteiger partial charge in [-0.15, -0.1) is 0 Å². The SMILES string of the molecule is Cc1cccc(C)c1OCC(=O)OCC(=O)N1c2ccccc2NC(=O)C1(C)C. The first-order chi connectivity index (χ1) is 13.7. The minimum absolute atomic E-state index is 0.306. The van der Waals surface area contributed by atoms with Crippen LogP contribution in [-0.2, 0) is 19.1 Å². The summed E-state index contributed by atoms with van der Waals surface area (Å²) in [6.07, 6.45) is 0. The topological polar surface area (TPSA) is 84.9 Å². The van der Waals surface area contributed by atoms with Gasteiger partial charge in [0.25, 0.3) is 5.91 Å². The van der Waals surface area contributed by atoms with Crippen LogP contribution in [0.2, 0.25) is 0 Å². The van der Waals surface area contributed by atoms with E-state index in [1.807, 2.05) is 32.0 Å². The average molecular weight is 396 g/mol. The lowest BCUT2D eigenvalue weighted by molar-refractivity contribution is -0.150. The predicted octanol–water partition coefficient (Wildman–Crippen LogP) is 2.99. The molecule has 0 bridgehead atoms. The molecule has 0 saturated heterocycles. The van der Waals surface area contributed by atoms with E-state index in [0.29, 0.717) is 17.1 Å². The van der Waals surface area contributed by atoms with Crippen LogP contribution in [0.15, 0.2) is 42.5 Å². The highest BCUT2D eigenvalue weighted by molar-refractivity contribution is 6.14. The van der Waals surface area contributed by atoms with Crippen molar-refractivity contribution in [2.45, 2.75) is 33.2 Å². The molecule has 0 unspecified atom stereocenters. The fourth-order valence-electron chi connectivity index (χ4n) is 3.30. The fourth-order valence-corrected chi connectivity index (χ4v) is 3.30. The second kappa shape index (κ2) is 7.95. The highest BCUT2D eigenvalue weighted by Gasteiger charge is 2.43. The Morgan fingerprint density at radius 2 is 1.66 bits per heavy atom. The Kier molecular flexibility index (Phi) is 5.59. The van der Waals surface area contributed by atoms with Gasteiger partial charge in [-0.25, -0.2) is 4.79 Å². The number of amides is 2. The Balaban J connectivity index is 1.65. The summed E-state index contributed by atoms with van der Waals surface area (Å²) in [6, 6.07) is 12.7. The quantitative estimate of drug-likeness (QED) is 0.786. The second-order valence-electron chi connectivity index (χ2n) is 7.43. The largest absolute Gasteiger partial charge is 0.481 e. The molecule has 7 heteroatoms. The monoisotopic (exact) mass is 396 g/mol. The van der Waals surface area contributed by atoms with Crippen molar-refractivity contribution in [1.82, 2.24) is 0 Å². The molecular formula is C22H24N2O5. The van der Waals surface area contributed by atoms with Gasteiger partial charge in [0.1, 0.15) is 11.3 Å². The maximum atomic E-state index is 12.8. The molecule has 0 saturated carbocycles. The van der Waals surface area contributed by atoms with E-state index in [4.69, 9.17) is 9.47 Å². The first-order valence-corrected chi connectivity index (χ1v) is 9.30. The molecular weight excluding hydrogens is 372 g/mol. The number of esters is 1. The van der Waals surface area contributed by atoms with E-state index < -0.39 is 24.0 Å². The molecule has 7 nitrogen and oxygen atoms in total. The highest BCUT2D eigenvalue weighted by Crippen LogP contribution is 2.36. The minimum atomic E-state index is -1.12. The zero-order chi connectivity index (χ0) is 21.2. The number of hydrogen-bond donors (Lipinski definition) is 1. The summed E-state index contributed by atoms with van der Waals surface area (Å²) in [7, 11) is 0. The van der Waals surface area contributed by atoms with Crippen LogP contribution in [0.3, 0.4) is 0 Å². The van der Waals surface area contributed by atoms with Gasteiger partial charge in [0.2, 0.25) is 5.91 Å². The lowest BCUT2D eigenvalue weighted by atomic mass is 9.96. The lowest BCUT2D eigenvalue weighted by Crippen LogP contribution is -2.59. The zero-order valence-corrected chi connectivity index (χ0v) is 16.9. The molecule has 1 aliphatic rings. The van der Waals surface area contributed by atoms with Gasteiger partial charge in [-0.05, 0) is 51.0 Å². The maximum absolute atomic E-state index is 12.8. The molecule has 1 heterocycles. The van der Waals surface area contributed by atoms with Gasteiger partial charge in [0, 0.05) is 0 Å². The number of nitrogens with one attached hydrogen (secondary N) is 1. The Labute approximate surface area is 169 Å². The third kappa shape index (κ3) is 4.08. The molecule has 0 fully saturated rings. The molecule has 2 amide bonds. The molecule has 1 aliphatic heterocycles. The standard InChI is InChI=1S/C22H24N2O5/c1-14-8-7-9-15(2)20(14)29-13-19(26)28-12-18(25)24-17-11-6-5-10-16(17)23-21(27)22(24,3)4/h5-11H,12-13H2,1-4H3,(H,23,27). The Morgan fingerprint density at radius 3 is 2.34 bits per heavy atom. The van der Waals surface area contributed by atoms with Gasteiger partial charge in [-0.2, -0.15) is 0 Å². The highest BCUT2D eigenvalue weighted by atomic mass is 16.6. The van der Waals surface area contributed by atoms with Crippen LogP contribution in [0.1, 0.15) is 25.0 Å². The van der Waals surface area contributed by atoms with Crippen molar-refractivity contribution >= 4 is 29.2 Å². The molecule has 0 aliphatic carbocycles. The first-order valence-electron chi connectivity index (χ1n) is 9.30. The maximum Gasteiger partial charge on any atom is 0.344 e. The summed E-state index contributed by atoms with van der Waals surface area (Å²) in [5.74, 6) is -0.834. The number of para-hydroxylation sites is 3. The minimum Gasteiger partial charge on any atom is -0.481 e. The molecule has 0 spiro atoms. The fraction of sp³-hybridized carbons (Fsp3) is 0.318. The molecule has 0 atom stereocenters. The number of aryl methyl sites for hydroxylation is 2. The van der Waals surface area contributed by atoms with Crippen LogP contribution in [-0.4, -0.2) is 36.5 Å². The van der Waals surface area contributed by atoms with E-state index in [9.17, 15) is 14.4 Å². The van der Waals surface area contributed by atoms with E-state index in [1.165, 1.54) is 4.90 Å². The van der Waals surface area contributed by atoms with Gasteiger partial charge in [0.05, 0.1) is 11.4 Å². The van der Waals surface area contributed by atoms with Crippen molar-refractivity contribution in [3.05, 3.63) is 53.6 Å². The number of fused-ring (bicyclic) bond motifs is 1. The average Bonchev–Trinajstić information content (AvgIpc) is 2.66. The van der Waals surface area contributed by atoms with Crippen molar-refractivity contribution in [2.24, 2.45) is 0 Å². The molecule has 0 aromatic heterocycles. The van der Waals surface area contributed by atoms with E-state index >= 15 is 0 Å². The molecule has 0 radical (unpaired) electrons. The summed E-state index contributed by atoms with van der Waals surface area (Å²) in [6.45, 7) is 6.26. The van der Waals surface area contributed by atoms with Gasteiger partial charge >= 0.3 is 5.97 Å². The predicted molar refractivity (Wildman–Crippen MR) is 109 cm³/mol. The molecule has 2 aromatic carbocycles. The summed E-state index contributed by atoms with van der Waals surface area (Å²) in [4.78, 5) is 38.7. The van der Waals surface area contributed by atoms with E-state index in [2.05, 4.69) is 5.32 Å². The van der Waals surface area contributed by atoms with Crippen LogP contribution in [0.5, 0.6) is 5.75 Å². The first kappa shape index (κ1) is 20.4. The normalized spacial score (nSPS) is 14.6. The van der Waals surface area contributed by atoms with Gasteiger partial charge in [-0.1, -0.05) is 30.3 Å². The summed E-state index contributed by atoms with van der Waals surface area (Å²) in [5, 5.41) is 2.79. The Bertz CT molecular complexity index is 947. The van der Waals surface area contributed by atoms with E-state index in [0.717, 1.165) is 11.1 Å². The van der Waals surface area contributed by atoms with Crippen LogP contribution in [0.25, 0.3) is 0 Å². The number of carbonyl (C=O) groups excluding carboxylic acids is 3.